The number of benzene rings is 1. The zero-order valence-electron chi connectivity index (χ0n) is 11.0. The summed E-state index contributed by atoms with van der Waals surface area (Å²) in [6, 6.07) is 6.41. The van der Waals surface area contributed by atoms with Crippen molar-refractivity contribution in [3.8, 4) is 0 Å². The number of hydrogen-bond donors (Lipinski definition) is 1. The van der Waals surface area contributed by atoms with Crippen LogP contribution in [0.4, 0.5) is 13.2 Å². The third-order valence-corrected chi connectivity index (χ3v) is 2.58. The summed E-state index contributed by atoms with van der Waals surface area (Å²) < 4.78 is 45.0. The molecule has 1 aromatic carbocycles. The summed E-state index contributed by atoms with van der Waals surface area (Å²) in [4.78, 5) is 23.1. The Morgan fingerprint density at radius 1 is 1.20 bits per heavy atom. The summed E-state index contributed by atoms with van der Waals surface area (Å²) in [7, 11) is 0. The predicted molar refractivity (Wildman–Crippen MR) is 64.6 cm³/mol. The lowest BCUT2D eigenvalue weighted by Crippen LogP contribution is -2.61. The SMILES string of the molecule is CCOC(=O)C(NC(C)=O)(c1ccccc1)C(F)(F)F. The van der Waals surface area contributed by atoms with Crippen molar-refractivity contribution in [1.82, 2.24) is 5.32 Å². The van der Waals surface area contributed by atoms with Crippen molar-refractivity contribution < 1.29 is 27.5 Å². The highest BCUT2D eigenvalue weighted by atomic mass is 19.4. The molecule has 0 radical (unpaired) electrons. The Bertz CT molecular complexity index is 487. The van der Waals surface area contributed by atoms with E-state index in [-0.39, 0.29) is 6.61 Å². The van der Waals surface area contributed by atoms with Crippen LogP contribution in [0.5, 0.6) is 0 Å². The zero-order chi connectivity index (χ0) is 15.4. The number of carbonyl (C=O) groups is 2. The fourth-order valence-electron chi connectivity index (χ4n) is 1.78. The van der Waals surface area contributed by atoms with E-state index in [1.165, 1.54) is 25.1 Å². The van der Waals surface area contributed by atoms with E-state index in [9.17, 15) is 22.8 Å². The second-order valence-electron chi connectivity index (χ2n) is 4.02. The van der Waals surface area contributed by atoms with Crippen LogP contribution in [0.3, 0.4) is 0 Å². The van der Waals surface area contributed by atoms with Crippen LogP contribution in [0.2, 0.25) is 0 Å². The number of nitrogens with one attached hydrogen (secondary N) is 1. The maximum atomic E-state index is 13.5. The molecule has 0 aliphatic carbocycles. The Morgan fingerprint density at radius 3 is 2.15 bits per heavy atom. The van der Waals surface area contributed by atoms with E-state index in [1.54, 1.807) is 5.32 Å². The third-order valence-electron chi connectivity index (χ3n) is 2.58. The molecule has 110 valence electrons. The van der Waals surface area contributed by atoms with E-state index in [0.29, 0.717) is 0 Å². The maximum Gasteiger partial charge on any atom is 0.426 e. The first-order chi connectivity index (χ1) is 9.25. The third kappa shape index (κ3) is 2.92. The number of carbonyl (C=O) groups excluding carboxylic acids is 2. The highest BCUT2D eigenvalue weighted by molar-refractivity contribution is 5.89. The summed E-state index contributed by atoms with van der Waals surface area (Å²) in [6.07, 6.45) is -5.04. The van der Waals surface area contributed by atoms with Gasteiger partial charge in [-0.2, -0.15) is 13.2 Å². The number of ether oxygens (including phenoxy) is 1. The quantitative estimate of drug-likeness (QED) is 0.864. The first-order valence-corrected chi connectivity index (χ1v) is 5.84. The maximum absolute atomic E-state index is 13.5. The lowest BCUT2D eigenvalue weighted by molar-refractivity contribution is -0.217. The number of hydrogen-bond acceptors (Lipinski definition) is 3. The van der Waals surface area contributed by atoms with Crippen LogP contribution in [0.25, 0.3) is 0 Å². The van der Waals surface area contributed by atoms with Crippen molar-refractivity contribution in [3.05, 3.63) is 35.9 Å². The largest absolute Gasteiger partial charge is 0.464 e. The Morgan fingerprint density at radius 2 is 1.75 bits per heavy atom. The molecule has 0 spiro atoms. The summed E-state index contributed by atoms with van der Waals surface area (Å²) >= 11 is 0. The number of amides is 1. The average molecular weight is 289 g/mol. The van der Waals surface area contributed by atoms with Crippen LogP contribution in [0.15, 0.2) is 30.3 Å². The van der Waals surface area contributed by atoms with E-state index in [2.05, 4.69) is 4.74 Å². The molecular weight excluding hydrogens is 275 g/mol. The van der Waals surface area contributed by atoms with Gasteiger partial charge in [-0.05, 0) is 12.5 Å². The number of esters is 1. The van der Waals surface area contributed by atoms with Gasteiger partial charge in [-0.3, -0.25) is 4.79 Å². The van der Waals surface area contributed by atoms with E-state index < -0.39 is 29.2 Å². The number of alkyl halides is 3. The van der Waals surface area contributed by atoms with Gasteiger partial charge in [0.1, 0.15) is 0 Å². The lowest BCUT2D eigenvalue weighted by Gasteiger charge is -2.34. The molecule has 0 saturated carbocycles. The molecule has 1 aromatic rings. The summed E-state index contributed by atoms with van der Waals surface area (Å²) in [6.45, 7) is 2.06. The molecule has 0 saturated heterocycles. The van der Waals surface area contributed by atoms with Crippen LogP contribution >= 0.6 is 0 Å². The Kier molecular flexibility index (Phi) is 4.75. The fourth-order valence-corrected chi connectivity index (χ4v) is 1.78. The van der Waals surface area contributed by atoms with E-state index >= 15 is 0 Å². The van der Waals surface area contributed by atoms with Gasteiger partial charge in [0, 0.05) is 6.92 Å². The summed E-state index contributed by atoms with van der Waals surface area (Å²) in [5, 5.41) is 1.70. The highest BCUT2D eigenvalue weighted by Crippen LogP contribution is 2.40. The molecule has 1 amide bonds. The highest BCUT2D eigenvalue weighted by Gasteiger charge is 2.63. The number of rotatable bonds is 4. The van der Waals surface area contributed by atoms with Crippen molar-refractivity contribution in [1.29, 1.82) is 0 Å². The molecule has 1 unspecified atom stereocenters. The standard InChI is InChI=1S/C13H14F3NO3/c1-3-20-11(19)12(13(14,15)16,17-9(2)18)10-7-5-4-6-8-10/h4-8H,3H2,1-2H3,(H,17,18). The first-order valence-electron chi connectivity index (χ1n) is 5.84. The van der Waals surface area contributed by atoms with Crippen LogP contribution in [-0.4, -0.2) is 24.7 Å². The van der Waals surface area contributed by atoms with E-state index in [0.717, 1.165) is 19.1 Å². The molecule has 0 heterocycles. The minimum absolute atomic E-state index is 0.233. The molecule has 1 atom stereocenters. The minimum Gasteiger partial charge on any atom is -0.464 e. The van der Waals surface area contributed by atoms with Crippen LogP contribution in [0.1, 0.15) is 19.4 Å². The Labute approximate surface area is 113 Å². The van der Waals surface area contributed by atoms with Gasteiger partial charge in [0.25, 0.3) is 5.54 Å². The summed E-state index contributed by atoms with van der Waals surface area (Å²) in [5.74, 6) is -2.55. The smallest absolute Gasteiger partial charge is 0.426 e. The molecule has 0 aromatic heterocycles. The van der Waals surface area contributed by atoms with Gasteiger partial charge in [-0.25, -0.2) is 4.79 Å². The van der Waals surface area contributed by atoms with Crippen molar-refractivity contribution in [2.75, 3.05) is 6.61 Å². The van der Waals surface area contributed by atoms with Crippen LogP contribution in [-0.2, 0) is 19.9 Å². The topological polar surface area (TPSA) is 55.4 Å². The van der Waals surface area contributed by atoms with Gasteiger partial charge >= 0.3 is 12.1 Å². The Hall–Kier alpha value is -2.05. The van der Waals surface area contributed by atoms with Gasteiger partial charge < -0.3 is 10.1 Å². The van der Waals surface area contributed by atoms with Crippen molar-refractivity contribution >= 4 is 11.9 Å². The monoisotopic (exact) mass is 289 g/mol. The zero-order valence-corrected chi connectivity index (χ0v) is 11.0. The molecule has 4 nitrogen and oxygen atoms in total. The molecule has 0 fully saturated rings. The van der Waals surface area contributed by atoms with Crippen molar-refractivity contribution in [2.45, 2.75) is 25.6 Å². The second-order valence-corrected chi connectivity index (χ2v) is 4.02. The predicted octanol–water partition coefficient (Wildman–Crippen LogP) is 2.14. The van der Waals surface area contributed by atoms with E-state index in [4.69, 9.17) is 0 Å². The molecule has 1 N–H and O–H groups in total. The molecule has 20 heavy (non-hydrogen) atoms. The molecule has 0 aliphatic heterocycles. The molecule has 0 bridgehead atoms. The molecule has 1 rings (SSSR count). The van der Waals surface area contributed by atoms with Crippen molar-refractivity contribution in [2.24, 2.45) is 0 Å². The van der Waals surface area contributed by atoms with Gasteiger partial charge in [-0.1, -0.05) is 30.3 Å². The van der Waals surface area contributed by atoms with E-state index in [1.807, 2.05) is 0 Å². The molecule has 7 heteroatoms. The van der Waals surface area contributed by atoms with Crippen molar-refractivity contribution in [3.63, 3.8) is 0 Å². The van der Waals surface area contributed by atoms with Crippen LogP contribution in [0, 0.1) is 0 Å². The lowest BCUT2D eigenvalue weighted by atomic mass is 9.88. The molecular formula is C13H14F3NO3. The Balaban J connectivity index is 3.50. The summed E-state index contributed by atoms with van der Waals surface area (Å²) in [5.41, 5.74) is -3.60. The normalized spacial score (nSPS) is 14.2. The minimum atomic E-state index is -5.04. The van der Waals surface area contributed by atoms with Gasteiger partial charge in [0.2, 0.25) is 5.91 Å². The van der Waals surface area contributed by atoms with Gasteiger partial charge in [0.15, 0.2) is 0 Å². The first kappa shape index (κ1) is 16.0. The average Bonchev–Trinajstić information content (AvgIpc) is 2.35. The van der Waals surface area contributed by atoms with Gasteiger partial charge in [0.05, 0.1) is 6.61 Å². The second kappa shape index (κ2) is 5.94. The van der Waals surface area contributed by atoms with Gasteiger partial charge in [-0.15, -0.1) is 0 Å². The number of halogens is 3. The fraction of sp³-hybridized carbons (Fsp3) is 0.385. The molecule has 0 aliphatic rings. The van der Waals surface area contributed by atoms with Crippen LogP contribution < -0.4 is 5.32 Å².